The molecule has 4 aromatic rings. The molecule has 32 heavy (non-hydrogen) atoms. The molecule has 0 fully saturated rings. The van der Waals surface area contributed by atoms with Gasteiger partial charge in [0.25, 0.3) is 5.91 Å². The Kier molecular flexibility index (Phi) is 5.71. The number of hydrazone groups is 1. The van der Waals surface area contributed by atoms with Gasteiger partial charge in [0.1, 0.15) is 12.4 Å². The predicted octanol–water partition coefficient (Wildman–Crippen LogP) is 5.39. The molecular weight excluding hydrogens is 398 g/mol. The molecule has 160 valence electrons. The smallest absolute Gasteiger partial charge is 0.271 e. The van der Waals surface area contributed by atoms with Gasteiger partial charge in [-0.25, -0.2) is 5.43 Å². The molecule has 0 saturated heterocycles. The van der Waals surface area contributed by atoms with E-state index < -0.39 is 0 Å². The molecule has 3 aromatic carbocycles. The first-order chi connectivity index (χ1) is 15.8. The summed E-state index contributed by atoms with van der Waals surface area (Å²) in [6.07, 6.45) is 6.23. The lowest BCUT2D eigenvalue weighted by atomic mass is 9.95. The summed E-state index contributed by atoms with van der Waals surface area (Å²) in [7, 11) is 0. The lowest BCUT2D eigenvalue weighted by Crippen LogP contribution is -2.17. The summed E-state index contributed by atoms with van der Waals surface area (Å²) in [4.78, 5) is 16.1. The number of aromatic nitrogens is 1. The summed E-state index contributed by atoms with van der Waals surface area (Å²) in [5, 5.41) is 5.28. The maximum absolute atomic E-state index is 12.6. The van der Waals surface area contributed by atoms with Crippen LogP contribution in [0.3, 0.4) is 0 Å². The number of hydrogen-bond donors (Lipinski definition) is 2. The molecule has 0 bridgehead atoms. The molecule has 1 amide bonds. The number of H-pyrrole nitrogens is 1. The van der Waals surface area contributed by atoms with Crippen molar-refractivity contribution in [3.8, 4) is 5.75 Å². The van der Waals surface area contributed by atoms with Gasteiger partial charge >= 0.3 is 0 Å². The van der Waals surface area contributed by atoms with Crippen LogP contribution < -0.4 is 10.2 Å². The molecule has 0 unspecified atom stereocenters. The highest BCUT2D eigenvalue weighted by molar-refractivity contribution is 5.99. The van der Waals surface area contributed by atoms with Crippen molar-refractivity contribution < 1.29 is 9.53 Å². The fourth-order valence-electron chi connectivity index (χ4n) is 4.17. The third-order valence-corrected chi connectivity index (χ3v) is 5.87. The molecule has 1 aliphatic rings. The Bertz CT molecular complexity index is 1260. The van der Waals surface area contributed by atoms with Crippen molar-refractivity contribution >= 4 is 23.0 Å². The van der Waals surface area contributed by atoms with Gasteiger partial charge in [-0.2, -0.15) is 5.10 Å². The standard InChI is InChI=1S/C27H25N3O2/c31-27(21-12-15-26-24(16-21)23-8-4-5-9-25(23)29-26)30-28-17-19-10-13-22(14-11-19)32-18-20-6-2-1-3-7-20/h1-3,6-7,10-17,29H,4-5,8-9,18H2,(H,30,31)/b28-17-. The van der Waals surface area contributed by atoms with Crippen LogP contribution in [0, 0.1) is 0 Å². The minimum atomic E-state index is -0.211. The van der Waals surface area contributed by atoms with E-state index in [-0.39, 0.29) is 5.91 Å². The SMILES string of the molecule is O=C(N/N=C\c1ccc(OCc2ccccc2)cc1)c1ccc2[nH]c3c(c2c1)CCCC3. The lowest BCUT2D eigenvalue weighted by molar-refractivity contribution is 0.0955. The molecule has 5 rings (SSSR count). The summed E-state index contributed by atoms with van der Waals surface area (Å²) in [5.74, 6) is 0.579. The largest absolute Gasteiger partial charge is 0.489 e. The van der Waals surface area contributed by atoms with Gasteiger partial charge < -0.3 is 9.72 Å². The minimum Gasteiger partial charge on any atom is -0.489 e. The average Bonchev–Trinajstić information content (AvgIpc) is 3.22. The molecule has 1 aliphatic carbocycles. The summed E-state index contributed by atoms with van der Waals surface area (Å²) in [6.45, 7) is 0.527. The van der Waals surface area contributed by atoms with Crippen LogP contribution in [0.25, 0.3) is 10.9 Å². The zero-order valence-electron chi connectivity index (χ0n) is 17.8. The van der Waals surface area contributed by atoms with E-state index in [2.05, 4.69) is 15.5 Å². The lowest BCUT2D eigenvalue weighted by Gasteiger charge is -2.10. The Morgan fingerprint density at radius 1 is 1.00 bits per heavy atom. The van der Waals surface area contributed by atoms with Crippen molar-refractivity contribution in [2.75, 3.05) is 0 Å². The van der Waals surface area contributed by atoms with Crippen molar-refractivity contribution in [3.05, 3.63) is 101 Å². The second-order valence-electron chi connectivity index (χ2n) is 8.09. The van der Waals surface area contributed by atoms with Gasteiger partial charge in [-0.15, -0.1) is 0 Å². The number of carbonyl (C=O) groups is 1. The van der Waals surface area contributed by atoms with Gasteiger partial charge in [-0.3, -0.25) is 4.79 Å². The van der Waals surface area contributed by atoms with E-state index in [4.69, 9.17) is 4.74 Å². The van der Waals surface area contributed by atoms with E-state index in [1.807, 2.05) is 72.8 Å². The highest BCUT2D eigenvalue weighted by Gasteiger charge is 2.16. The highest BCUT2D eigenvalue weighted by Crippen LogP contribution is 2.29. The predicted molar refractivity (Wildman–Crippen MR) is 127 cm³/mol. The molecular formula is C27H25N3O2. The van der Waals surface area contributed by atoms with E-state index in [9.17, 15) is 4.79 Å². The van der Waals surface area contributed by atoms with Gasteiger partial charge in [0.05, 0.1) is 6.21 Å². The summed E-state index contributed by atoms with van der Waals surface area (Å²) >= 11 is 0. The first-order valence-corrected chi connectivity index (χ1v) is 11.0. The van der Waals surface area contributed by atoms with Crippen LogP contribution in [-0.2, 0) is 19.4 Å². The molecule has 0 atom stereocenters. The third-order valence-electron chi connectivity index (χ3n) is 5.87. The van der Waals surface area contributed by atoms with E-state index in [1.54, 1.807) is 6.21 Å². The number of fused-ring (bicyclic) bond motifs is 3. The Labute approximate surface area is 187 Å². The van der Waals surface area contributed by atoms with Gasteiger partial charge in [-0.05, 0) is 84.8 Å². The van der Waals surface area contributed by atoms with Crippen molar-refractivity contribution in [2.45, 2.75) is 32.3 Å². The van der Waals surface area contributed by atoms with Crippen molar-refractivity contribution in [2.24, 2.45) is 5.10 Å². The number of aromatic amines is 1. The molecule has 5 heteroatoms. The van der Waals surface area contributed by atoms with Gasteiger partial charge in [0, 0.05) is 22.2 Å². The van der Waals surface area contributed by atoms with Crippen LogP contribution in [0.2, 0.25) is 0 Å². The number of aryl methyl sites for hydroxylation is 2. The molecule has 0 saturated carbocycles. The fraction of sp³-hybridized carbons (Fsp3) is 0.185. The zero-order chi connectivity index (χ0) is 21.8. The Morgan fingerprint density at radius 2 is 1.81 bits per heavy atom. The van der Waals surface area contributed by atoms with Gasteiger partial charge in [0.2, 0.25) is 0 Å². The molecule has 1 heterocycles. The van der Waals surface area contributed by atoms with Crippen molar-refractivity contribution in [1.29, 1.82) is 0 Å². The highest BCUT2D eigenvalue weighted by atomic mass is 16.5. The summed E-state index contributed by atoms with van der Waals surface area (Å²) < 4.78 is 5.80. The number of rotatable bonds is 6. The normalized spacial score (nSPS) is 13.2. The van der Waals surface area contributed by atoms with Crippen molar-refractivity contribution in [1.82, 2.24) is 10.4 Å². The minimum absolute atomic E-state index is 0.211. The Balaban J connectivity index is 1.20. The van der Waals surface area contributed by atoms with E-state index in [1.165, 1.54) is 24.1 Å². The van der Waals surface area contributed by atoms with Crippen LogP contribution in [0.15, 0.2) is 77.9 Å². The molecule has 0 radical (unpaired) electrons. The second kappa shape index (κ2) is 9.10. The van der Waals surface area contributed by atoms with Crippen molar-refractivity contribution in [3.63, 3.8) is 0 Å². The Hall–Kier alpha value is -3.86. The molecule has 0 aliphatic heterocycles. The average molecular weight is 424 g/mol. The van der Waals surface area contributed by atoms with E-state index in [0.29, 0.717) is 12.2 Å². The van der Waals surface area contributed by atoms with Gasteiger partial charge in [0.15, 0.2) is 0 Å². The molecule has 1 aromatic heterocycles. The van der Waals surface area contributed by atoms with E-state index in [0.717, 1.165) is 40.6 Å². The Morgan fingerprint density at radius 3 is 2.66 bits per heavy atom. The number of ether oxygens (including phenoxy) is 1. The molecule has 5 nitrogen and oxygen atoms in total. The van der Waals surface area contributed by atoms with Crippen LogP contribution >= 0.6 is 0 Å². The fourth-order valence-corrected chi connectivity index (χ4v) is 4.17. The number of benzene rings is 3. The molecule has 0 spiro atoms. The van der Waals surface area contributed by atoms with E-state index >= 15 is 0 Å². The van der Waals surface area contributed by atoms with Crippen LogP contribution in [0.1, 0.15) is 45.6 Å². The topological polar surface area (TPSA) is 66.5 Å². The van der Waals surface area contributed by atoms with Crippen LogP contribution in [-0.4, -0.2) is 17.1 Å². The third kappa shape index (κ3) is 4.42. The van der Waals surface area contributed by atoms with Gasteiger partial charge in [-0.1, -0.05) is 30.3 Å². The van der Waals surface area contributed by atoms with Crippen LogP contribution in [0.4, 0.5) is 0 Å². The molecule has 2 N–H and O–H groups in total. The van der Waals surface area contributed by atoms with Crippen LogP contribution in [0.5, 0.6) is 5.75 Å². The summed E-state index contributed by atoms with van der Waals surface area (Å²) in [5.41, 5.74) is 9.04. The zero-order valence-corrected chi connectivity index (χ0v) is 17.8. The second-order valence-corrected chi connectivity index (χ2v) is 8.09. The number of amides is 1. The monoisotopic (exact) mass is 423 g/mol. The maximum atomic E-state index is 12.6. The number of nitrogens with zero attached hydrogens (tertiary/aromatic N) is 1. The number of hydrogen-bond acceptors (Lipinski definition) is 3. The first-order valence-electron chi connectivity index (χ1n) is 11.0. The summed E-state index contributed by atoms with van der Waals surface area (Å²) in [6, 6.07) is 23.5. The first kappa shape index (κ1) is 20.1. The number of nitrogens with one attached hydrogen (secondary N) is 2. The number of carbonyl (C=O) groups excluding carboxylic acids is 1. The maximum Gasteiger partial charge on any atom is 0.271 e. The quantitative estimate of drug-likeness (QED) is 0.323.